The van der Waals surface area contributed by atoms with Gasteiger partial charge in [-0.2, -0.15) is 4.98 Å². The van der Waals surface area contributed by atoms with Crippen molar-refractivity contribution in [3.63, 3.8) is 0 Å². The molecule has 6 nitrogen and oxygen atoms in total. The second-order valence-electron chi connectivity index (χ2n) is 7.29. The van der Waals surface area contributed by atoms with E-state index in [-0.39, 0.29) is 23.1 Å². The number of para-hydroxylation sites is 1. The highest BCUT2D eigenvalue weighted by Gasteiger charge is 2.19. The van der Waals surface area contributed by atoms with Crippen molar-refractivity contribution < 1.29 is 9.15 Å². The summed E-state index contributed by atoms with van der Waals surface area (Å²) in [5.74, 6) is 1.14. The summed E-state index contributed by atoms with van der Waals surface area (Å²) < 4.78 is 13.5. The highest BCUT2D eigenvalue weighted by Crippen LogP contribution is 2.23. The summed E-state index contributed by atoms with van der Waals surface area (Å²) in [6, 6.07) is 21.8. The molecule has 7 heteroatoms. The Bertz CT molecular complexity index is 1570. The van der Waals surface area contributed by atoms with Crippen LogP contribution >= 0.6 is 15.9 Å². The van der Waals surface area contributed by atoms with Crippen LogP contribution in [0.15, 0.2) is 91.3 Å². The smallest absolute Gasteiger partial charge is 0.269 e. The summed E-state index contributed by atoms with van der Waals surface area (Å²) in [5, 5.41) is 0.296. The standard InChI is InChI=1S/C25H17BrN2O4/c1-31-18-12-6-15(7-13-18)14-28-23(16-8-10-17(26)11-9-16)27-24-21(25(28)30)22(29)19-4-2-3-5-20(19)32-24/h2-13H,14H2,1H3. The summed E-state index contributed by atoms with van der Waals surface area (Å²) >= 11 is 3.43. The summed E-state index contributed by atoms with van der Waals surface area (Å²) in [6.07, 6.45) is 0. The van der Waals surface area contributed by atoms with Gasteiger partial charge in [-0.1, -0.05) is 52.3 Å². The number of aromatic nitrogens is 2. The average Bonchev–Trinajstić information content (AvgIpc) is 2.82. The molecular formula is C25H17BrN2O4. The number of hydrogen-bond donors (Lipinski definition) is 0. The molecule has 0 unspecified atom stereocenters. The van der Waals surface area contributed by atoms with Gasteiger partial charge < -0.3 is 9.15 Å². The van der Waals surface area contributed by atoms with Crippen LogP contribution in [0.1, 0.15) is 5.56 Å². The van der Waals surface area contributed by atoms with Crippen LogP contribution in [0.5, 0.6) is 5.75 Å². The zero-order chi connectivity index (χ0) is 22.2. The molecule has 0 aliphatic heterocycles. The van der Waals surface area contributed by atoms with E-state index in [1.165, 1.54) is 4.57 Å². The third kappa shape index (κ3) is 3.50. The van der Waals surface area contributed by atoms with Crippen molar-refractivity contribution >= 4 is 38.0 Å². The van der Waals surface area contributed by atoms with Gasteiger partial charge in [0.1, 0.15) is 17.2 Å². The highest BCUT2D eigenvalue weighted by atomic mass is 79.9. The fraction of sp³-hybridized carbons (Fsp3) is 0.0800. The Hall–Kier alpha value is -3.71. The number of rotatable bonds is 4. The molecule has 0 spiro atoms. The number of halogens is 1. The lowest BCUT2D eigenvalue weighted by molar-refractivity contribution is 0.414. The molecule has 0 amide bonds. The van der Waals surface area contributed by atoms with Gasteiger partial charge in [-0.25, -0.2) is 0 Å². The molecule has 0 saturated heterocycles. The van der Waals surface area contributed by atoms with Crippen molar-refractivity contribution in [2.45, 2.75) is 6.54 Å². The summed E-state index contributed by atoms with van der Waals surface area (Å²) in [6.45, 7) is 0.240. The lowest BCUT2D eigenvalue weighted by atomic mass is 10.1. The fourth-order valence-electron chi connectivity index (χ4n) is 3.66. The Morgan fingerprint density at radius 3 is 2.41 bits per heavy atom. The molecule has 0 saturated carbocycles. The summed E-state index contributed by atoms with van der Waals surface area (Å²) in [4.78, 5) is 31.4. The predicted octanol–water partition coefficient (Wildman–Crippen LogP) is 4.99. The van der Waals surface area contributed by atoms with Crippen molar-refractivity contribution in [3.8, 4) is 17.1 Å². The highest BCUT2D eigenvalue weighted by molar-refractivity contribution is 9.10. The Morgan fingerprint density at radius 1 is 0.969 bits per heavy atom. The van der Waals surface area contributed by atoms with Gasteiger partial charge in [0, 0.05) is 10.0 Å². The van der Waals surface area contributed by atoms with Gasteiger partial charge in [-0.3, -0.25) is 14.2 Å². The summed E-state index contributed by atoms with van der Waals surface area (Å²) in [5.41, 5.74) is 1.21. The number of fused-ring (bicyclic) bond motifs is 2. The van der Waals surface area contributed by atoms with E-state index in [1.807, 2.05) is 48.5 Å². The maximum absolute atomic E-state index is 13.6. The van der Waals surface area contributed by atoms with Crippen molar-refractivity contribution in [1.82, 2.24) is 9.55 Å². The number of benzene rings is 3. The first-order chi connectivity index (χ1) is 15.5. The molecular weight excluding hydrogens is 472 g/mol. The minimum atomic E-state index is -0.441. The normalized spacial score (nSPS) is 11.2. The summed E-state index contributed by atoms with van der Waals surface area (Å²) in [7, 11) is 1.60. The fourth-order valence-corrected chi connectivity index (χ4v) is 3.93. The van der Waals surface area contributed by atoms with E-state index in [9.17, 15) is 9.59 Å². The van der Waals surface area contributed by atoms with Gasteiger partial charge in [0.25, 0.3) is 5.56 Å². The van der Waals surface area contributed by atoms with E-state index < -0.39 is 5.56 Å². The molecule has 2 heterocycles. The molecule has 0 fully saturated rings. The van der Waals surface area contributed by atoms with Crippen molar-refractivity contribution in [3.05, 3.63) is 103 Å². The second kappa shape index (κ2) is 8.09. The zero-order valence-corrected chi connectivity index (χ0v) is 18.6. The largest absolute Gasteiger partial charge is 0.497 e. The van der Waals surface area contributed by atoms with E-state index >= 15 is 0 Å². The first-order valence-electron chi connectivity index (χ1n) is 9.90. The molecule has 5 aromatic rings. The lowest BCUT2D eigenvalue weighted by Crippen LogP contribution is -2.28. The van der Waals surface area contributed by atoms with Crippen molar-refractivity contribution in [1.29, 1.82) is 0 Å². The second-order valence-corrected chi connectivity index (χ2v) is 8.20. The molecule has 0 N–H and O–H groups in total. The van der Waals surface area contributed by atoms with Crippen LogP contribution in [0.25, 0.3) is 33.5 Å². The maximum atomic E-state index is 13.6. The lowest BCUT2D eigenvalue weighted by Gasteiger charge is -2.14. The van der Waals surface area contributed by atoms with Crippen LogP contribution in [-0.4, -0.2) is 16.7 Å². The van der Waals surface area contributed by atoms with Gasteiger partial charge in [-0.05, 0) is 42.0 Å². The predicted molar refractivity (Wildman–Crippen MR) is 127 cm³/mol. The molecule has 0 bridgehead atoms. The number of hydrogen-bond acceptors (Lipinski definition) is 5. The molecule has 32 heavy (non-hydrogen) atoms. The van der Waals surface area contributed by atoms with E-state index in [0.717, 1.165) is 21.3 Å². The molecule has 5 rings (SSSR count). The third-order valence-electron chi connectivity index (χ3n) is 5.30. The average molecular weight is 489 g/mol. The molecule has 0 aliphatic rings. The molecule has 158 valence electrons. The Labute approximate surface area is 190 Å². The molecule has 3 aromatic carbocycles. The number of methoxy groups -OCH3 is 1. The van der Waals surface area contributed by atoms with Gasteiger partial charge in [0.05, 0.1) is 19.0 Å². The first kappa shape index (κ1) is 20.2. The Balaban J connectivity index is 1.80. The van der Waals surface area contributed by atoms with E-state index in [4.69, 9.17) is 9.15 Å². The minimum Gasteiger partial charge on any atom is -0.497 e. The van der Waals surface area contributed by atoms with Crippen molar-refractivity contribution in [2.24, 2.45) is 0 Å². The molecule has 0 radical (unpaired) electrons. The van der Waals surface area contributed by atoms with Crippen LogP contribution in [0, 0.1) is 0 Å². The quantitative estimate of drug-likeness (QED) is 0.333. The van der Waals surface area contributed by atoms with Crippen molar-refractivity contribution in [2.75, 3.05) is 7.11 Å². The molecule has 0 aliphatic carbocycles. The monoisotopic (exact) mass is 488 g/mol. The van der Waals surface area contributed by atoms with Gasteiger partial charge in [0.15, 0.2) is 5.39 Å². The van der Waals surface area contributed by atoms with E-state index in [2.05, 4.69) is 20.9 Å². The van der Waals surface area contributed by atoms with Gasteiger partial charge in [0.2, 0.25) is 11.1 Å². The van der Waals surface area contributed by atoms with Crippen LogP contribution in [0.3, 0.4) is 0 Å². The van der Waals surface area contributed by atoms with Crippen LogP contribution in [-0.2, 0) is 6.54 Å². The van der Waals surface area contributed by atoms with Gasteiger partial charge >= 0.3 is 0 Å². The maximum Gasteiger partial charge on any atom is 0.269 e. The topological polar surface area (TPSA) is 74.3 Å². The van der Waals surface area contributed by atoms with Crippen LogP contribution in [0.2, 0.25) is 0 Å². The zero-order valence-electron chi connectivity index (χ0n) is 17.0. The van der Waals surface area contributed by atoms with Crippen LogP contribution < -0.4 is 15.7 Å². The Morgan fingerprint density at radius 2 is 1.69 bits per heavy atom. The van der Waals surface area contributed by atoms with E-state index in [1.54, 1.807) is 31.4 Å². The Kier molecular flexibility index (Phi) is 5.11. The number of nitrogens with zero attached hydrogens (tertiary/aromatic N) is 2. The minimum absolute atomic E-state index is 0.0302. The SMILES string of the molecule is COc1ccc(Cn2c(-c3ccc(Br)cc3)nc3oc4ccccc4c(=O)c3c2=O)cc1. The first-order valence-corrected chi connectivity index (χ1v) is 10.7. The third-order valence-corrected chi connectivity index (χ3v) is 5.83. The molecule has 2 aromatic heterocycles. The number of ether oxygens (including phenoxy) is 1. The molecule has 0 atom stereocenters. The van der Waals surface area contributed by atoms with E-state index in [0.29, 0.717) is 16.8 Å². The van der Waals surface area contributed by atoms with Crippen LogP contribution in [0.4, 0.5) is 0 Å². The van der Waals surface area contributed by atoms with Gasteiger partial charge in [-0.15, -0.1) is 0 Å².